The van der Waals surface area contributed by atoms with E-state index in [4.69, 9.17) is 0 Å². The predicted octanol–water partition coefficient (Wildman–Crippen LogP) is 4.84. The summed E-state index contributed by atoms with van der Waals surface area (Å²) in [6, 6.07) is 10.3. The second-order valence-corrected chi connectivity index (χ2v) is 6.53. The standard InChI is InChI=1S/C22H27N3/c1-3-16-25(4-2)17-18-10-12-20(13-11-18)22-21(23-14-15-24-22)19-8-6-5-7-9-19/h5-10,12-15,18H,3-4,11,16-17H2,1-2H3. The van der Waals surface area contributed by atoms with Crippen molar-refractivity contribution in [2.45, 2.75) is 26.7 Å². The van der Waals surface area contributed by atoms with Gasteiger partial charge >= 0.3 is 0 Å². The number of allylic oxidation sites excluding steroid dienone is 3. The molecule has 1 unspecified atom stereocenters. The van der Waals surface area contributed by atoms with E-state index in [-0.39, 0.29) is 0 Å². The molecule has 3 heteroatoms. The summed E-state index contributed by atoms with van der Waals surface area (Å²) in [4.78, 5) is 11.7. The quantitative estimate of drug-likeness (QED) is 0.726. The minimum Gasteiger partial charge on any atom is -0.303 e. The first-order chi connectivity index (χ1) is 12.3. The lowest BCUT2D eigenvalue weighted by molar-refractivity contribution is 0.260. The van der Waals surface area contributed by atoms with Crippen LogP contribution in [0.1, 0.15) is 32.4 Å². The smallest absolute Gasteiger partial charge is 0.0965 e. The van der Waals surface area contributed by atoms with Gasteiger partial charge in [-0.25, -0.2) is 0 Å². The molecule has 1 aliphatic rings. The Morgan fingerprint density at radius 1 is 1.04 bits per heavy atom. The van der Waals surface area contributed by atoms with Crippen molar-refractivity contribution in [3.8, 4) is 11.3 Å². The van der Waals surface area contributed by atoms with Crippen LogP contribution >= 0.6 is 0 Å². The Hall–Kier alpha value is -2.26. The van der Waals surface area contributed by atoms with Gasteiger partial charge in [0.1, 0.15) is 0 Å². The van der Waals surface area contributed by atoms with E-state index in [0.29, 0.717) is 5.92 Å². The largest absolute Gasteiger partial charge is 0.303 e. The fourth-order valence-electron chi connectivity index (χ4n) is 3.36. The van der Waals surface area contributed by atoms with Crippen LogP contribution < -0.4 is 0 Å². The van der Waals surface area contributed by atoms with Crippen LogP contribution in [0.25, 0.3) is 16.8 Å². The lowest BCUT2D eigenvalue weighted by atomic mass is 9.93. The van der Waals surface area contributed by atoms with E-state index in [1.807, 2.05) is 18.2 Å². The van der Waals surface area contributed by atoms with E-state index in [1.165, 1.54) is 18.5 Å². The molecule has 1 heterocycles. The van der Waals surface area contributed by atoms with Crippen LogP contribution in [0.5, 0.6) is 0 Å². The summed E-state index contributed by atoms with van der Waals surface area (Å²) in [6.07, 6.45) is 12.7. The molecule has 0 amide bonds. The zero-order valence-electron chi connectivity index (χ0n) is 15.2. The van der Waals surface area contributed by atoms with Crippen LogP contribution in [-0.4, -0.2) is 34.5 Å². The van der Waals surface area contributed by atoms with Crippen molar-refractivity contribution in [2.24, 2.45) is 5.92 Å². The summed E-state index contributed by atoms with van der Waals surface area (Å²) in [5.41, 5.74) is 4.23. The Morgan fingerprint density at radius 2 is 1.80 bits per heavy atom. The van der Waals surface area contributed by atoms with Crippen LogP contribution in [0.3, 0.4) is 0 Å². The molecule has 3 rings (SSSR count). The Balaban J connectivity index is 1.76. The molecule has 1 aromatic carbocycles. The summed E-state index contributed by atoms with van der Waals surface area (Å²) in [7, 11) is 0. The fraction of sp³-hybridized carbons (Fsp3) is 0.364. The highest BCUT2D eigenvalue weighted by Gasteiger charge is 2.16. The molecular formula is C22H27N3. The lowest BCUT2D eigenvalue weighted by Gasteiger charge is -2.25. The maximum Gasteiger partial charge on any atom is 0.0965 e. The molecule has 1 atom stereocenters. The van der Waals surface area contributed by atoms with Crippen molar-refractivity contribution in [3.63, 3.8) is 0 Å². The first kappa shape index (κ1) is 17.6. The number of aromatic nitrogens is 2. The summed E-state index contributed by atoms with van der Waals surface area (Å²) in [5.74, 6) is 0.590. The van der Waals surface area contributed by atoms with Crippen LogP contribution in [0.15, 0.2) is 61.0 Å². The minimum atomic E-state index is 0.590. The molecule has 1 aliphatic carbocycles. The SMILES string of the molecule is CCCN(CC)CC1C=CC(c2nccnc2-c2ccccc2)=CC1. The van der Waals surface area contributed by atoms with E-state index < -0.39 is 0 Å². The average Bonchev–Trinajstić information content (AvgIpc) is 2.69. The third-order valence-corrected chi connectivity index (χ3v) is 4.69. The second kappa shape index (κ2) is 8.72. The monoisotopic (exact) mass is 333 g/mol. The van der Waals surface area contributed by atoms with Gasteiger partial charge in [-0.3, -0.25) is 9.97 Å². The van der Waals surface area contributed by atoms with E-state index in [9.17, 15) is 0 Å². The molecule has 0 fully saturated rings. The van der Waals surface area contributed by atoms with Gasteiger partial charge in [-0.1, -0.05) is 62.4 Å². The van der Waals surface area contributed by atoms with Crippen LogP contribution in [0, 0.1) is 5.92 Å². The molecule has 0 saturated heterocycles. The number of hydrogen-bond acceptors (Lipinski definition) is 3. The molecule has 0 radical (unpaired) electrons. The van der Waals surface area contributed by atoms with Gasteiger partial charge in [0.15, 0.2) is 0 Å². The van der Waals surface area contributed by atoms with E-state index >= 15 is 0 Å². The summed E-state index contributed by atoms with van der Waals surface area (Å²) in [6.45, 7) is 7.93. The van der Waals surface area contributed by atoms with Crippen LogP contribution in [0.2, 0.25) is 0 Å². The number of rotatable bonds is 7. The highest BCUT2D eigenvalue weighted by Crippen LogP contribution is 2.29. The molecule has 1 aromatic heterocycles. The maximum absolute atomic E-state index is 4.62. The predicted molar refractivity (Wildman–Crippen MR) is 105 cm³/mol. The summed E-state index contributed by atoms with van der Waals surface area (Å²) >= 11 is 0. The maximum atomic E-state index is 4.62. The van der Waals surface area contributed by atoms with Crippen LogP contribution in [0.4, 0.5) is 0 Å². The molecule has 0 N–H and O–H groups in total. The molecule has 0 bridgehead atoms. The van der Waals surface area contributed by atoms with Crippen molar-refractivity contribution in [1.82, 2.24) is 14.9 Å². The average molecular weight is 333 g/mol. The minimum absolute atomic E-state index is 0.590. The van der Waals surface area contributed by atoms with Gasteiger partial charge in [-0.05, 0) is 37.4 Å². The second-order valence-electron chi connectivity index (χ2n) is 6.53. The van der Waals surface area contributed by atoms with Crippen molar-refractivity contribution in [3.05, 3.63) is 66.6 Å². The molecule has 25 heavy (non-hydrogen) atoms. The Bertz CT molecular complexity index is 734. The van der Waals surface area contributed by atoms with Crippen molar-refractivity contribution in [2.75, 3.05) is 19.6 Å². The highest BCUT2D eigenvalue weighted by molar-refractivity contribution is 5.81. The van der Waals surface area contributed by atoms with E-state index in [0.717, 1.165) is 36.5 Å². The topological polar surface area (TPSA) is 29.0 Å². The molecule has 0 spiro atoms. The lowest BCUT2D eigenvalue weighted by Crippen LogP contribution is -2.29. The zero-order chi connectivity index (χ0) is 17.5. The molecule has 2 aromatic rings. The first-order valence-electron chi connectivity index (χ1n) is 9.29. The first-order valence-corrected chi connectivity index (χ1v) is 9.29. The van der Waals surface area contributed by atoms with Gasteiger partial charge in [-0.15, -0.1) is 0 Å². The fourth-order valence-corrected chi connectivity index (χ4v) is 3.36. The van der Waals surface area contributed by atoms with Crippen molar-refractivity contribution < 1.29 is 0 Å². The Kier molecular flexibility index (Phi) is 6.13. The van der Waals surface area contributed by atoms with Gasteiger partial charge < -0.3 is 4.90 Å². The third-order valence-electron chi connectivity index (χ3n) is 4.69. The Morgan fingerprint density at radius 3 is 2.44 bits per heavy atom. The molecule has 3 nitrogen and oxygen atoms in total. The molecular weight excluding hydrogens is 306 g/mol. The summed E-state index contributed by atoms with van der Waals surface area (Å²) in [5, 5.41) is 0. The van der Waals surface area contributed by atoms with E-state index in [1.54, 1.807) is 12.4 Å². The molecule has 0 aliphatic heterocycles. The van der Waals surface area contributed by atoms with Gasteiger partial charge in [0.05, 0.1) is 11.4 Å². The van der Waals surface area contributed by atoms with Crippen LogP contribution in [-0.2, 0) is 0 Å². The van der Waals surface area contributed by atoms with Gasteiger partial charge in [0.2, 0.25) is 0 Å². The van der Waals surface area contributed by atoms with Gasteiger partial charge in [-0.2, -0.15) is 0 Å². The molecule has 130 valence electrons. The highest BCUT2D eigenvalue weighted by atomic mass is 15.1. The zero-order valence-corrected chi connectivity index (χ0v) is 15.2. The number of nitrogens with zero attached hydrogens (tertiary/aromatic N) is 3. The van der Waals surface area contributed by atoms with E-state index in [2.05, 4.69) is 59.1 Å². The van der Waals surface area contributed by atoms with Crippen molar-refractivity contribution >= 4 is 5.57 Å². The number of hydrogen-bond donors (Lipinski definition) is 0. The van der Waals surface area contributed by atoms with Gasteiger partial charge in [0.25, 0.3) is 0 Å². The van der Waals surface area contributed by atoms with Crippen molar-refractivity contribution in [1.29, 1.82) is 0 Å². The van der Waals surface area contributed by atoms with Gasteiger partial charge in [0, 0.05) is 24.5 Å². The summed E-state index contributed by atoms with van der Waals surface area (Å²) < 4.78 is 0. The molecule has 0 saturated carbocycles. The third kappa shape index (κ3) is 4.43. The normalized spacial score (nSPS) is 16.9. The number of benzene rings is 1. The Labute approximate surface area is 151 Å².